The third kappa shape index (κ3) is 5.01. The number of rotatable bonds is 8. The van der Waals surface area contributed by atoms with E-state index in [9.17, 15) is 4.79 Å². The van der Waals surface area contributed by atoms with E-state index in [2.05, 4.69) is 82.8 Å². The first-order valence-electron chi connectivity index (χ1n) is 14.0. The van der Waals surface area contributed by atoms with E-state index in [1.165, 1.54) is 37.9 Å². The van der Waals surface area contributed by atoms with Crippen LogP contribution in [0.2, 0.25) is 0 Å². The molecule has 0 saturated carbocycles. The zero-order valence-electron chi connectivity index (χ0n) is 22.6. The molecule has 0 amide bonds. The molecule has 4 heteroatoms. The largest absolute Gasteiger partial charge is 0.461 e. The molecule has 0 N–H and O–H groups in total. The molecular weight excluding hydrogens is 504 g/mol. The van der Waals surface area contributed by atoms with Gasteiger partial charge in [0.25, 0.3) is 0 Å². The lowest BCUT2D eigenvalue weighted by atomic mass is 9.90. The molecule has 0 aliphatic heterocycles. The molecule has 0 unspecified atom stereocenters. The number of pyridine rings is 2. The number of hydrogen-bond donors (Lipinski definition) is 0. The van der Waals surface area contributed by atoms with Gasteiger partial charge in [-0.25, -0.2) is 0 Å². The lowest BCUT2D eigenvalue weighted by Gasteiger charge is -2.14. The molecular formula is C37H28N2O2. The van der Waals surface area contributed by atoms with E-state index < -0.39 is 0 Å². The highest BCUT2D eigenvalue weighted by atomic mass is 16.5. The summed E-state index contributed by atoms with van der Waals surface area (Å²) < 4.78 is 5.76. The van der Waals surface area contributed by atoms with Gasteiger partial charge in [-0.1, -0.05) is 54.6 Å². The molecule has 0 fully saturated rings. The summed E-state index contributed by atoms with van der Waals surface area (Å²) in [6.45, 7) is 0.231. The number of hydrogen-bond acceptors (Lipinski definition) is 4. The smallest absolute Gasteiger partial charge is 0.306 e. The first-order valence-corrected chi connectivity index (χ1v) is 14.0. The Balaban J connectivity index is 1.06. The monoisotopic (exact) mass is 532 g/mol. The Morgan fingerprint density at radius 1 is 0.610 bits per heavy atom. The van der Waals surface area contributed by atoms with Crippen LogP contribution in [-0.2, 0) is 22.6 Å². The molecule has 0 bridgehead atoms. The van der Waals surface area contributed by atoms with E-state index >= 15 is 0 Å². The second-order valence-corrected chi connectivity index (χ2v) is 10.5. The zero-order valence-corrected chi connectivity index (χ0v) is 22.6. The van der Waals surface area contributed by atoms with Crippen molar-refractivity contribution in [2.75, 3.05) is 0 Å². The summed E-state index contributed by atoms with van der Waals surface area (Å²) >= 11 is 0. The van der Waals surface area contributed by atoms with Crippen molar-refractivity contribution in [3.63, 3.8) is 0 Å². The molecule has 7 rings (SSSR count). The van der Waals surface area contributed by atoms with Gasteiger partial charge < -0.3 is 4.74 Å². The van der Waals surface area contributed by atoms with Gasteiger partial charge in [0, 0.05) is 31.2 Å². The van der Waals surface area contributed by atoms with E-state index in [4.69, 9.17) is 4.74 Å². The Morgan fingerprint density at radius 2 is 1.20 bits per heavy atom. The molecule has 198 valence electrons. The van der Waals surface area contributed by atoms with Crippen LogP contribution in [0, 0.1) is 0 Å². The summed E-state index contributed by atoms with van der Waals surface area (Å²) in [5, 5.41) is 7.70. The zero-order chi connectivity index (χ0) is 27.6. The van der Waals surface area contributed by atoms with Gasteiger partial charge in [-0.15, -0.1) is 0 Å². The van der Waals surface area contributed by atoms with Gasteiger partial charge in [0.05, 0.1) is 0 Å². The number of carbonyl (C=O) groups is 1. The minimum atomic E-state index is -0.178. The van der Waals surface area contributed by atoms with Crippen LogP contribution in [0.5, 0.6) is 0 Å². The molecule has 7 aromatic rings. The van der Waals surface area contributed by atoms with Crippen LogP contribution in [0.4, 0.5) is 0 Å². The molecule has 0 atom stereocenters. The SMILES string of the molecule is O=C(CCCc1ccc2ccc3cccc4ccc1c2c34)OCc1cc(-c2ccncc2)cc(-c2ccncc2)c1. The van der Waals surface area contributed by atoms with Crippen molar-refractivity contribution >= 4 is 38.3 Å². The summed E-state index contributed by atoms with van der Waals surface area (Å²) in [4.78, 5) is 21.1. The predicted octanol–water partition coefficient (Wildman–Crippen LogP) is 8.77. The van der Waals surface area contributed by atoms with Crippen molar-refractivity contribution in [2.24, 2.45) is 0 Å². The van der Waals surface area contributed by atoms with E-state index in [1.54, 1.807) is 24.8 Å². The second kappa shape index (κ2) is 10.8. The molecule has 5 aromatic carbocycles. The van der Waals surface area contributed by atoms with Crippen LogP contribution < -0.4 is 0 Å². The van der Waals surface area contributed by atoms with Crippen LogP contribution in [0.15, 0.2) is 122 Å². The highest BCUT2D eigenvalue weighted by molar-refractivity contribution is 6.23. The topological polar surface area (TPSA) is 52.1 Å². The second-order valence-electron chi connectivity index (χ2n) is 10.5. The molecule has 0 aliphatic rings. The lowest BCUT2D eigenvalue weighted by Crippen LogP contribution is -2.05. The van der Waals surface area contributed by atoms with Crippen LogP contribution in [0.1, 0.15) is 24.0 Å². The molecule has 2 heterocycles. The summed E-state index contributed by atoms with van der Waals surface area (Å²) in [5.74, 6) is -0.178. The quantitative estimate of drug-likeness (QED) is 0.145. The summed E-state index contributed by atoms with van der Waals surface area (Å²) in [5.41, 5.74) is 6.47. The van der Waals surface area contributed by atoms with Crippen LogP contribution >= 0.6 is 0 Å². The predicted molar refractivity (Wildman–Crippen MR) is 166 cm³/mol. The van der Waals surface area contributed by atoms with Crippen LogP contribution in [0.3, 0.4) is 0 Å². The van der Waals surface area contributed by atoms with Crippen molar-refractivity contribution in [1.82, 2.24) is 9.97 Å². The molecule has 2 aromatic heterocycles. The van der Waals surface area contributed by atoms with E-state index in [0.29, 0.717) is 6.42 Å². The van der Waals surface area contributed by atoms with Gasteiger partial charge in [0.1, 0.15) is 6.61 Å². The maximum Gasteiger partial charge on any atom is 0.306 e. The number of aromatic nitrogens is 2. The third-order valence-corrected chi connectivity index (χ3v) is 7.87. The van der Waals surface area contributed by atoms with Gasteiger partial charge in [0.15, 0.2) is 0 Å². The maximum atomic E-state index is 12.8. The number of nitrogens with zero attached hydrogens (tertiary/aromatic N) is 2. The van der Waals surface area contributed by atoms with Crippen LogP contribution in [0.25, 0.3) is 54.6 Å². The van der Waals surface area contributed by atoms with E-state index in [1.807, 2.05) is 24.3 Å². The van der Waals surface area contributed by atoms with Gasteiger partial charge in [-0.05, 0) is 121 Å². The van der Waals surface area contributed by atoms with Crippen LogP contribution in [-0.4, -0.2) is 15.9 Å². The Morgan fingerprint density at radius 3 is 1.85 bits per heavy atom. The first-order chi connectivity index (χ1) is 20.2. The fourth-order valence-electron chi connectivity index (χ4n) is 5.87. The number of carbonyl (C=O) groups excluding carboxylic acids is 1. The molecule has 0 saturated heterocycles. The fraction of sp³-hybridized carbons (Fsp3) is 0.108. The average Bonchev–Trinajstić information content (AvgIpc) is 3.04. The van der Waals surface area contributed by atoms with Crippen molar-refractivity contribution in [2.45, 2.75) is 25.9 Å². The minimum Gasteiger partial charge on any atom is -0.461 e. The Hall–Kier alpha value is -5.09. The summed E-state index contributed by atoms with van der Waals surface area (Å²) in [6, 6.07) is 34.0. The highest BCUT2D eigenvalue weighted by Gasteiger charge is 2.12. The van der Waals surface area contributed by atoms with Gasteiger partial charge in [-0.2, -0.15) is 0 Å². The minimum absolute atomic E-state index is 0.178. The summed E-state index contributed by atoms with van der Waals surface area (Å²) in [7, 11) is 0. The van der Waals surface area contributed by atoms with Gasteiger partial charge in [0.2, 0.25) is 0 Å². The summed E-state index contributed by atoms with van der Waals surface area (Å²) in [6.07, 6.45) is 9.09. The molecule has 0 radical (unpaired) electrons. The highest BCUT2D eigenvalue weighted by Crippen LogP contribution is 2.36. The number of esters is 1. The average molecular weight is 533 g/mol. The molecule has 0 spiro atoms. The van der Waals surface area contributed by atoms with Gasteiger partial charge >= 0.3 is 5.97 Å². The lowest BCUT2D eigenvalue weighted by molar-refractivity contribution is -0.145. The Kier molecular flexibility index (Phi) is 6.58. The Labute approximate surface area is 238 Å². The van der Waals surface area contributed by atoms with Crippen molar-refractivity contribution in [3.8, 4) is 22.3 Å². The fourth-order valence-corrected chi connectivity index (χ4v) is 5.87. The molecule has 41 heavy (non-hydrogen) atoms. The normalized spacial score (nSPS) is 11.4. The van der Waals surface area contributed by atoms with Crippen molar-refractivity contribution in [3.05, 3.63) is 133 Å². The number of ether oxygens (including phenoxy) is 1. The first kappa shape index (κ1) is 24.9. The third-order valence-electron chi connectivity index (χ3n) is 7.87. The van der Waals surface area contributed by atoms with Gasteiger partial charge in [-0.3, -0.25) is 14.8 Å². The molecule has 4 nitrogen and oxygen atoms in total. The van der Waals surface area contributed by atoms with Crippen molar-refractivity contribution < 1.29 is 9.53 Å². The number of benzene rings is 5. The van der Waals surface area contributed by atoms with E-state index in [0.717, 1.165) is 40.7 Å². The van der Waals surface area contributed by atoms with Crippen molar-refractivity contribution in [1.29, 1.82) is 0 Å². The molecule has 0 aliphatic carbocycles. The van der Waals surface area contributed by atoms with E-state index in [-0.39, 0.29) is 12.6 Å². The maximum absolute atomic E-state index is 12.8. The Bertz CT molecular complexity index is 1910. The standard InChI is InChI=1S/C37H28N2O2/c40-35(6-2-3-28-7-8-31-10-9-29-4-1-5-30-11-12-34(28)37(31)36(29)30)41-24-25-21-32(26-13-17-38-18-14-26)23-33(22-25)27-15-19-39-20-16-27/h1,4-5,7-23H,2-3,6,24H2. The number of aryl methyl sites for hydroxylation is 1.